The molecule has 0 bridgehead atoms. The zero-order chi connectivity index (χ0) is 44.2. The molecule has 330 valence electrons. The number of nitrogens with one attached hydrogen (secondary N) is 4. The van der Waals surface area contributed by atoms with Crippen molar-refractivity contribution in [1.82, 2.24) is 40.4 Å². The van der Waals surface area contributed by atoms with E-state index >= 15 is 0 Å². The molecule has 2 aromatic heterocycles. The third kappa shape index (κ3) is 11.7. The summed E-state index contributed by atoms with van der Waals surface area (Å²) >= 11 is 0. The Hall–Kier alpha value is -5.94. The van der Waals surface area contributed by atoms with Crippen LogP contribution in [0.2, 0.25) is 0 Å². The van der Waals surface area contributed by atoms with Gasteiger partial charge >= 0.3 is 0 Å². The molecule has 16 heteroatoms. The molecule has 2 amide bonds. The molecule has 4 heterocycles. The van der Waals surface area contributed by atoms with Crippen LogP contribution < -0.4 is 42.2 Å². The van der Waals surface area contributed by atoms with Crippen LogP contribution in [0.15, 0.2) is 84.9 Å². The number of carbonyl (C=O) groups is 2. The molecule has 2 fully saturated rings. The molecule has 14 nitrogen and oxygen atoms in total. The second-order valence-corrected chi connectivity index (χ2v) is 15.2. The summed E-state index contributed by atoms with van der Waals surface area (Å²) in [6.07, 6.45) is 3.97. The molecule has 0 saturated carbocycles. The van der Waals surface area contributed by atoms with Gasteiger partial charge in [0.2, 0.25) is 11.8 Å². The number of ether oxygens (including phenoxy) is 2. The Morgan fingerprint density at radius 2 is 0.968 bits per heavy atom. The number of rotatable bonds is 14. The number of primary amides is 2. The van der Waals surface area contributed by atoms with Gasteiger partial charge in [0.25, 0.3) is 0 Å². The van der Waals surface area contributed by atoms with Crippen LogP contribution in [0.3, 0.4) is 0 Å². The first-order valence-corrected chi connectivity index (χ1v) is 21.4. The molecule has 8 rings (SSSR count). The highest BCUT2D eigenvalue weighted by Crippen LogP contribution is 2.33. The average Bonchev–Trinajstić information content (AvgIpc) is 3.85. The lowest BCUT2D eigenvalue weighted by atomic mass is 10.1. The SMILES string of the molecule is CC.CC(NCc1nc2ccc(Oc3ccc(F)cc3)cc2n1C1CCNCC1)C(N)=O.CC(NCc1nc2ccc(Oc3ccc(F)cc3)cc2n1C1CCNCC1)C(N)=O. The lowest BCUT2D eigenvalue weighted by Crippen LogP contribution is -2.39. The van der Waals surface area contributed by atoms with Gasteiger partial charge in [-0.15, -0.1) is 0 Å². The van der Waals surface area contributed by atoms with E-state index in [0.29, 0.717) is 48.2 Å². The van der Waals surface area contributed by atoms with Crippen LogP contribution in [-0.4, -0.2) is 69.2 Å². The fourth-order valence-corrected chi connectivity index (χ4v) is 7.53. The van der Waals surface area contributed by atoms with Crippen molar-refractivity contribution in [3.8, 4) is 23.0 Å². The topological polar surface area (TPSA) is 188 Å². The molecule has 2 aliphatic rings. The van der Waals surface area contributed by atoms with Crippen molar-refractivity contribution in [2.75, 3.05) is 26.2 Å². The van der Waals surface area contributed by atoms with Crippen LogP contribution in [0, 0.1) is 11.6 Å². The molecule has 0 spiro atoms. The van der Waals surface area contributed by atoms with E-state index in [-0.39, 0.29) is 11.6 Å². The van der Waals surface area contributed by atoms with Gasteiger partial charge in [0.05, 0.1) is 47.2 Å². The van der Waals surface area contributed by atoms with Gasteiger partial charge in [-0.2, -0.15) is 0 Å². The zero-order valence-corrected chi connectivity index (χ0v) is 35.8. The van der Waals surface area contributed by atoms with Crippen molar-refractivity contribution < 1.29 is 27.8 Å². The maximum Gasteiger partial charge on any atom is 0.234 e. The molecule has 62 heavy (non-hydrogen) atoms. The number of halogens is 2. The van der Waals surface area contributed by atoms with Crippen LogP contribution in [-0.2, 0) is 22.7 Å². The standard InChI is InChI=1S/2C22H26FN5O2.C2H6/c2*1-14(22(24)29)26-13-21-27-19-7-6-18(30-17-4-2-15(23)3-5-17)12-20(19)28(21)16-8-10-25-11-9-16;1-2/h2*2-7,12,14,16,25-26H,8-11,13H2,1H3,(H2,24,29);1-2H3. The van der Waals surface area contributed by atoms with E-state index in [1.807, 2.05) is 50.2 Å². The number of piperidine rings is 2. The van der Waals surface area contributed by atoms with E-state index in [4.69, 9.17) is 30.9 Å². The summed E-state index contributed by atoms with van der Waals surface area (Å²) in [5.74, 6) is 2.80. The predicted octanol–water partition coefficient (Wildman–Crippen LogP) is 6.74. The predicted molar refractivity (Wildman–Crippen MR) is 237 cm³/mol. The average molecular weight is 853 g/mol. The number of hydrogen-bond donors (Lipinski definition) is 6. The molecular formula is C46H58F2N10O4. The first-order chi connectivity index (χ1) is 30.0. The molecule has 6 aromatic rings. The normalized spacial score (nSPS) is 15.5. The largest absolute Gasteiger partial charge is 0.457 e. The van der Waals surface area contributed by atoms with Crippen molar-refractivity contribution >= 4 is 33.9 Å². The lowest BCUT2D eigenvalue weighted by molar-refractivity contribution is -0.120. The van der Waals surface area contributed by atoms with Crippen molar-refractivity contribution in [2.45, 2.75) is 90.6 Å². The third-order valence-electron chi connectivity index (χ3n) is 10.9. The second-order valence-electron chi connectivity index (χ2n) is 15.2. The van der Waals surface area contributed by atoms with Crippen LogP contribution in [0.1, 0.15) is 77.1 Å². The molecule has 0 aliphatic carbocycles. The summed E-state index contributed by atoms with van der Waals surface area (Å²) in [5.41, 5.74) is 14.4. The van der Waals surface area contributed by atoms with E-state index in [0.717, 1.165) is 85.6 Å². The lowest BCUT2D eigenvalue weighted by Gasteiger charge is -2.26. The molecule has 2 aliphatic heterocycles. The highest BCUT2D eigenvalue weighted by Gasteiger charge is 2.24. The number of imidazole rings is 2. The van der Waals surface area contributed by atoms with Gasteiger partial charge in [0.1, 0.15) is 46.3 Å². The van der Waals surface area contributed by atoms with Crippen LogP contribution >= 0.6 is 0 Å². The Morgan fingerprint density at radius 3 is 1.31 bits per heavy atom. The van der Waals surface area contributed by atoms with Gasteiger partial charge in [-0.25, -0.2) is 18.7 Å². The first-order valence-electron chi connectivity index (χ1n) is 21.4. The number of nitrogens with zero attached hydrogens (tertiary/aromatic N) is 4. The summed E-state index contributed by atoms with van der Waals surface area (Å²) in [7, 11) is 0. The summed E-state index contributed by atoms with van der Waals surface area (Å²) in [4.78, 5) is 32.4. The maximum absolute atomic E-state index is 13.2. The molecule has 4 aromatic carbocycles. The summed E-state index contributed by atoms with van der Waals surface area (Å²) in [5, 5.41) is 13.1. The highest BCUT2D eigenvalue weighted by atomic mass is 19.1. The number of benzene rings is 4. The van der Waals surface area contributed by atoms with Crippen LogP contribution in [0.4, 0.5) is 8.78 Å². The molecular weight excluding hydrogens is 795 g/mol. The molecule has 2 saturated heterocycles. The van der Waals surface area contributed by atoms with Crippen LogP contribution in [0.25, 0.3) is 22.1 Å². The quantitative estimate of drug-likeness (QED) is 0.0686. The van der Waals surface area contributed by atoms with Gasteiger partial charge in [0, 0.05) is 24.2 Å². The minimum Gasteiger partial charge on any atom is -0.457 e. The van der Waals surface area contributed by atoms with Crippen molar-refractivity contribution in [3.63, 3.8) is 0 Å². The number of carbonyl (C=O) groups excluding carboxylic acids is 2. The number of nitrogens with two attached hydrogens (primary N) is 2. The van der Waals surface area contributed by atoms with E-state index in [1.54, 1.807) is 38.1 Å². The number of amides is 2. The minimum atomic E-state index is -0.441. The summed E-state index contributed by atoms with van der Waals surface area (Å²) < 4.78 is 42.7. The van der Waals surface area contributed by atoms with Gasteiger partial charge in [0.15, 0.2) is 0 Å². The fraction of sp³-hybridized carbons (Fsp3) is 0.391. The monoisotopic (exact) mass is 852 g/mol. The van der Waals surface area contributed by atoms with Crippen LogP contribution in [0.5, 0.6) is 23.0 Å². The Kier molecular flexibility index (Phi) is 16.0. The molecule has 2 unspecified atom stereocenters. The Morgan fingerprint density at radius 1 is 0.629 bits per heavy atom. The van der Waals surface area contributed by atoms with E-state index in [1.165, 1.54) is 24.3 Å². The first kappa shape index (κ1) is 45.6. The maximum atomic E-state index is 13.2. The van der Waals surface area contributed by atoms with Gasteiger partial charge in [-0.3, -0.25) is 20.2 Å². The Bertz CT molecular complexity index is 2220. The Balaban J connectivity index is 0.000000199. The molecule has 0 radical (unpaired) electrons. The smallest absolute Gasteiger partial charge is 0.234 e. The minimum absolute atomic E-state index is 0.302. The van der Waals surface area contributed by atoms with E-state index in [2.05, 4.69) is 30.4 Å². The second kappa shape index (κ2) is 21.7. The van der Waals surface area contributed by atoms with Crippen molar-refractivity contribution in [3.05, 3.63) is 108 Å². The third-order valence-corrected chi connectivity index (χ3v) is 10.9. The summed E-state index contributed by atoms with van der Waals surface area (Å²) in [6, 6.07) is 23.1. The Labute approximate surface area is 360 Å². The number of hydrogen-bond acceptors (Lipinski definition) is 10. The highest BCUT2D eigenvalue weighted by molar-refractivity contribution is 5.81. The zero-order valence-electron chi connectivity index (χ0n) is 35.8. The summed E-state index contributed by atoms with van der Waals surface area (Å²) in [6.45, 7) is 12.2. The van der Waals surface area contributed by atoms with Crippen molar-refractivity contribution in [1.29, 1.82) is 0 Å². The van der Waals surface area contributed by atoms with Gasteiger partial charge in [-0.1, -0.05) is 13.8 Å². The van der Waals surface area contributed by atoms with E-state index in [9.17, 15) is 18.4 Å². The molecule has 2 atom stereocenters. The fourth-order valence-electron chi connectivity index (χ4n) is 7.53. The number of aromatic nitrogens is 4. The molecule has 8 N–H and O–H groups in total. The van der Waals surface area contributed by atoms with Gasteiger partial charge < -0.3 is 40.7 Å². The van der Waals surface area contributed by atoms with Crippen molar-refractivity contribution in [2.24, 2.45) is 11.5 Å². The van der Waals surface area contributed by atoms with E-state index < -0.39 is 23.9 Å². The number of fused-ring (bicyclic) bond motifs is 2. The van der Waals surface area contributed by atoms with Gasteiger partial charge in [-0.05, 0) is 139 Å².